The van der Waals surface area contributed by atoms with E-state index in [0.29, 0.717) is 32.1 Å². The Hall–Kier alpha value is -2.62. The molecule has 2 saturated heterocycles. The molecule has 0 N–H and O–H groups in total. The van der Waals surface area contributed by atoms with E-state index in [-0.39, 0.29) is 30.9 Å². The van der Waals surface area contributed by atoms with Gasteiger partial charge in [-0.05, 0) is 61.9 Å². The zero-order valence-corrected chi connectivity index (χ0v) is 22.5. The molecule has 238 valence electrons. The second kappa shape index (κ2) is 11.1. The average Bonchev–Trinajstić information content (AvgIpc) is 3.44. The second-order valence-electron chi connectivity index (χ2n) is 10.9. The number of ether oxygens (including phenoxy) is 5. The van der Waals surface area contributed by atoms with Crippen LogP contribution in [0.25, 0.3) is 11.1 Å². The molecule has 2 heterocycles. The van der Waals surface area contributed by atoms with Gasteiger partial charge in [-0.3, -0.25) is 0 Å². The summed E-state index contributed by atoms with van der Waals surface area (Å²) >= 11 is 0. The average molecular weight is 632 g/mol. The molecule has 0 spiro atoms. The molecule has 0 amide bonds. The van der Waals surface area contributed by atoms with Gasteiger partial charge in [0, 0.05) is 17.5 Å². The highest BCUT2D eigenvalue weighted by atomic mass is 19.4. The number of halogens is 10. The molecule has 2 bridgehead atoms. The molecule has 5 rings (SSSR count). The first-order valence-corrected chi connectivity index (χ1v) is 13.5. The highest BCUT2D eigenvalue weighted by molar-refractivity contribution is 5.66. The van der Waals surface area contributed by atoms with Crippen LogP contribution in [0, 0.1) is 29.3 Å². The predicted molar refractivity (Wildman–Crippen MR) is 127 cm³/mol. The van der Waals surface area contributed by atoms with Gasteiger partial charge in [0.15, 0.2) is 0 Å². The fraction of sp³-hybridized carbons (Fsp3) is 0.571. The molecule has 2 aromatic rings. The molecule has 3 aliphatic rings. The van der Waals surface area contributed by atoms with Crippen molar-refractivity contribution in [2.45, 2.75) is 75.6 Å². The van der Waals surface area contributed by atoms with Crippen LogP contribution in [0.1, 0.15) is 51.0 Å². The third-order valence-corrected chi connectivity index (χ3v) is 7.92. The second-order valence-corrected chi connectivity index (χ2v) is 10.9. The van der Waals surface area contributed by atoms with Crippen molar-refractivity contribution in [3.8, 4) is 16.9 Å². The third kappa shape index (κ3) is 6.31. The van der Waals surface area contributed by atoms with E-state index in [2.05, 4.69) is 4.74 Å². The van der Waals surface area contributed by atoms with Crippen LogP contribution in [0.15, 0.2) is 30.3 Å². The van der Waals surface area contributed by atoms with E-state index in [1.165, 1.54) is 0 Å². The van der Waals surface area contributed by atoms with Crippen molar-refractivity contribution >= 4 is 0 Å². The van der Waals surface area contributed by atoms with Crippen LogP contribution in [-0.2, 0) is 25.1 Å². The van der Waals surface area contributed by atoms with Crippen molar-refractivity contribution in [1.29, 1.82) is 0 Å². The van der Waals surface area contributed by atoms with Crippen LogP contribution in [0.4, 0.5) is 43.9 Å². The highest BCUT2D eigenvalue weighted by Gasteiger charge is 2.62. The Kier molecular flexibility index (Phi) is 8.19. The van der Waals surface area contributed by atoms with Gasteiger partial charge < -0.3 is 18.9 Å². The molecule has 0 atom stereocenters. The SMILES string of the molecule is CCCC12COC(C3CCC(C(F)(F)Oc4ccc(-c5cc(F)c(C(F)(F)OC(F)(F)F)c(F)c5)c(F)c4)CC3)(OC1)O2. The third-order valence-electron chi connectivity index (χ3n) is 7.92. The minimum Gasteiger partial charge on any atom is -0.432 e. The number of fused-ring (bicyclic) bond motifs is 2. The Bertz CT molecular complexity index is 1310. The first-order chi connectivity index (χ1) is 20.0. The summed E-state index contributed by atoms with van der Waals surface area (Å²) in [7, 11) is 0. The van der Waals surface area contributed by atoms with Gasteiger partial charge in [-0.25, -0.2) is 17.9 Å². The van der Waals surface area contributed by atoms with Crippen LogP contribution in [0.3, 0.4) is 0 Å². The van der Waals surface area contributed by atoms with Crippen molar-refractivity contribution in [2.24, 2.45) is 11.8 Å². The summed E-state index contributed by atoms with van der Waals surface area (Å²) in [5.74, 6) is -9.03. The number of rotatable bonds is 9. The van der Waals surface area contributed by atoms with Crippen molar-refractivity contribution in [3.63, 3.8) is 0 Å². The van der Waals surface area contributed by atoms with E-state index >= 15 is 8.78 Å². The van der Waals surface area contributed by atoms with Crippen molar-refractivity contribution in [1.82, 2.24) is 0 Å². The first kappa shape index (κ1) is 31.8. The largest absolute Gasteiger partial charge is 0.527 e. The molecule has 5 nitrogen and oxygen atoms in total. The highest BCUT2D eigenvalue weighted by Crippen LogP contribution is 2.52. The summed E-state index contributed by atoms with van der Waals surface area (Å²) < 4.78 is 163. The van der Waals surface area contributed by atoms with Crippen LogP contribution in [0.2, 0.25) is 0 Å². The molecule has 15 heteroatoms. The number of hydrogen-bond acceptors (Lipinski definition) is 5. The van der Waals surface area contributed by atoms with Crippen LogP contribution >= 0.6 is 0 Å². The molecule has 1 saturated carbocycles. The molecule has 43 heavy (non-hydrogen) atoms. The van der Waals surface area contributed by atoms with Crippen molar-refractivity contribution in [3.05, 3.63) is 53.3 Å². The summed E-state index contributed by atoms with van der Waals surface area (Å²) in [4.78, 5) is 0. The molecule has 0 aromatic heterocycles. The molecule has 2 aliphatic heterocycles. The lowest BCUT2D eigenvalue weighted by Crippen LogP contribution is -2.45. The van der Waals surface area contributed by atoms with Gasteiger partial charge in [-0.2, -0.15) is 17.6 Å². The minimum atomic E-state index is -5.92. The zero-order chi connectivity index (χ0) is 31.4. The molecule has 3 fully saturated rings. The summed E-state index contributed by atoms with van der Waals surface area (Å²) in [5, 5.41) is 0. The van der Waals surface area contributed by atoms with Gasteiger partial charge >= 0.3 is 18.6 Å². The number of hydrogen-bond donors (Lipinski definition) is 0. The van der Waals surface area contributed by atoms with Gasteiger partial charge in [0.05, 0.1) is 19.1 Å². The monoisotopic (exact) mass is 632 g/mol. The van der Waals surface area contributed by atoms with Crippen molar-refractivity contribution < 1.29 is 67.6 Å². The lowest BCUT2D eigenvalue weighted by Gasteiger charge is -2.38. The molecule has 0 unspecified atom stereocenters. The van der Waals surface area contributed by atoms with Crippen LogP contribution in [0.5, 0.6) is 5.75 Å². The Balaban J connectivity index is 1.25. The van der Waals surface area contributed by atoms with Gasteiger partial charge in [-0.1, -0.05) is 13.3 Å². The van der Waals surface area contributed by atoms with E-state index in [1.54, 1.807) is 0 Å². The van der Waals surface area contributed by atoms with E-state index in [4.69, 9.17) is 18.9 Å². The van der Waals surface area contributed by atoms with Gasteiger partial charge in [0.2, 0.25) is 0 Å². The fourth-order valence-corrected chi connectivity index (χ4v) is 5.96. The van der Waals surface area contributed by atoms with Gasteiger partial charge in [0.1, 0.15) is 34.4 Å². The normalized spacial score (nSPS) is 28.0. The number of alkyl halides is 7. The molecular formula is C28H26F10O5. The molecule has 2 aromatic carbocycles. The first-order valence-electron chi connectivity index (χ1n) is 13.5. The number of benzene rings is 2. The zero-order valence-electron chi connectivity index (χ0n) is 22.5. The van der Waals surface area contributed by atoms with Gasteiger partial charge in [-0.15, -0.1) is 13.2 Å². The summed E-state index contributed by atoms with van der Waals surface area (Å²) in [5.41, 5.74) is -4.18. The lowest BCUT2D eigenvalue weighted by molar-refractivity contribution is -0.432. The molecule has 0 radical (unpaired) electrons. The Morgan fingerprint density at radius 3 is 1.98 bits per heavy atom. The maximum Gasteiger partial charge on any atom is 0.527 e. The summed E-state index contributed by atoms with van der Waals surface area (Å²) in [6.07, 6.45) is -12.9. The maximum absolute atomic E-state index is 15.1. The summed E-state index contributed by atoms with van der Waals surface area (Å²) in [6, 6.07) is 2.52. The van der Waals surface area contributed by atoms with Crippen molar-refractivity contribution in [2.75, 3.05) is 13.2 Å². The van der Waals surface area contributed by atoms with Gasteiger partial charge in [0.25, 0.3) is 5.97 Å². The quantitative estimate of drug-likeness (QED) is 0.260. The van der Waals surface area contributed by atoms with Crippen LogP contribution in [-0.4, -0.2) is 37.3 Å². The van der Waals surface area contributed by atoms with E-state index < -0.39 is 76.0 Å². The van der Waals surface area contributed by atoms with E-state index in [1.807, 2.05) is 6.92 Å². The Morgan fingerprint density at radius 1 is 0.837 bits per heavy atom. The Morgan fingerprint density at radius 2 is 1.44 bits per heavy atom. The molecular weight excluding hydrogens is 606 g/mol. The topological polar surface area (TPSA) is 46.2 Å². The smallest absolute Gasteiger partial charge is 0.432 e. The van der Waals surface area contributed by atoms with E-state index in [9.17, 15) is 35.1 Å². The van der Waals surface area contributed by atoms with E-state index in [0.717, 1.165) is 25.0 Å². The molecule has 1 aliphatic carbocycles. The Labute approximate surface area is 239 Å². The minimum absolute atomic E-state index is 0.0183. The van der Waals surface area contributed by atoms with Crippen LogP contribution < -0.4 is 4.74 Å². The maximum atomic E-state index is 15.1. The lowest BCUT2D eigenvalue weighted by atomic mass is 9.80. The summed E-state index contributed by atoms with van der Waals surface area (Å²) in [6.45, 7) is 2.73. The standard InChI is InChI=1S/C28H26F10O5/c1-2-9-24-13-39-27(42-24,40-14-24)17-5-3-16(4-6-17)25(32,33)41-18-7-8-19(20(29)12-18)15-10-21(30)23(22(31)11-15)26(34,35)43-28(36,37)38/h7-8,10-12,16-17H,2-6,9,13-14H2,1H3. The predicted octanol–water partition coefficient (Wildman–Crippen LogP) is 8.40. The fourth-order valence-electron chi connectivity index (χ4n) is 5.96.